The van der Waals surface area contributed by atoms with E-state index in [1.54, 1.807) is 12.1 Å². The Hall–Kier alpha value is -2.17. The molecule has 0 aliphatic rings. The van der Waals surface area contributed by atoms with Gasteiger partial charge in [-0.1, -0.05) is 13.8 Å². The smallest absolute Gasteiger partial charge is 0.139 e. The van der Waals surface area contributed by atoms with Crippen LogP contribution in [0, 0.1) is 12.7 Å². The lowest BCUT2D eigenvalue weighted by atomic mass is 10.2. The van der Waals surface area contributed by atoms with E-state index in [9.17, 15) is 4.39 Å². The summed E-state index contributed by atoms with van der Waals surface area (Å²) >= 11 is 0. The highest BCUT2D eigenvalue weighted by molar-refractivity contribution is 5.64. The third-order valence-corrected chi connectivity index (χ3v) is 3.16. The Morgan fingerprint density at radius 2 is 1.71 bits per heavy atom. The summed E-state index contributed by atoms with van der Waals surface area (Å²) in [6.07, 6.45) is 1.80. The van der Waals surface area contributed by atoms with E-state index in [-0.39, 0.29) is 5.82 Å². The third kappa shape index (κ3) is 3.90. The molecule has 0 saturated carbocycles. The molecule has 0 amide bonds. The van der Waals surface area contributed by atoms with Gasteiger partial charge in [-0.25, -0.2) is 14.4 Å². The Labute approximate surface area is 124 Å². The maximum atomic E-state index is 13.0. The molecule has 1 aromatic carbocycles. The molecule has 0 aliphatic heterocycles. The van der Waals surface area contributed by atoms with Gasteiger partial charge in [-0.3, -0.25) is 0 Å². The molecule has 21 heavy (non-hydrogen) atoms. The molecule has 2 rings (SSSR count). The first kappa shape index (κ1) is 15.2. The second-order valence-corrected chi connectivity index (χ2v) is 4.87. The molecule has 0 bridgehead atoms. The zero-order valence-corrected chi connectivity index (χ0v) is 12.7. The van der Waals surface area contributed by atoms with Gasteiger partial charge in [0, 0.05) is 24.2 Å². The number of halogens is 1. The number of hydrogen-bond acceptors (Lipinski definition) is 4. The van der Waals surface area contributed by atoms with Crippen molar-refractivity contribution in [3.8, 4) is 0 Å². The van der Waals surface area contributed by atoms with E-state index >= 15 is 0 Å². The van der Waals surface area contributed by atoms with Gasteiger partial charge in [0.2, 0.25) is 0 Å². The van der Waals surface area contributed by atoms with E-state index in [1.165, 1.54) is 12.1 Å². The maximum Gasteiger partial charge on any atom is 0.139 e. The van der Waals surface area contributed by atoms with Crippen molar-refractivity contribution >= 4 is 17.3 Å². The highest BCUT2D eigenvalue weighted by atomic mass is 19.1. The van der Waals surface area contributed by atoms with Gasteiger partial charge < -0.3 is 10.6 Å². The number of aryl methyl sites for hydroxylation is 1. The summed E-state index contributed by atoms with van der Waals surface area (Å²) in [6.45, 7) is 6.98. The molecular weight excluding hydrogens is 267 g/mol. The van der Waals surface area contributed by atoms with Gasteiger partial charge in [0.1, 0.15) is 23.3 Å². The molecule has 0 fully saturated rings. The van der Waals surface area contributed by atoms with Crippen molar-refractivity contribution in [3.63, 3.8) is 0 Å². The average Bonchev–Trinajstić information content (AvgIpc) is 2.50. The zero-order chi connectivity index (χ0) is 15.2. The summed E-state index contributed by atoms with van der Waals surface area (Å²) in [5.41, 5.74) is 1.77. The topological polar surface area (TPSA) is 49.8 Å². The molecule has 0 spiro atoms. The second-order valence-electron chi connectivity index (χ2n) is 4.87. The molecule has 1 heterocycles. The first-order valence-corrected chi connectivity index (χ1v) is 7.28. The maximum absolute atomic E-state index is 13.0. The SMILES string of the molecule is CCCNc1nc(CC)nc(Nc2ccc(F)cc2)c1C. The van der Waals surface area contributed by atoms with Gasteiger partial charge in [-0.05, 0) is 37.6 Å². The van der Waals surface area contributed by atoms with Crippen molar-refractivity contribution in [1.82, 2.24) is 9.97 Å². The highest BCUT2D eigenvalue weighted by Gasteiger charge is 2.10. The lowest BCUT2D eigenvalue weighted by Crippen LogP contribution is -2.10. The molecule has 112 valence electrons. The fourth-order valence-corrected chi connectivity index (χ4v) is 1.93. The van der Waals surface area contributed by atoms with E-state index in [2.05, 4.69) is 27.5 Å². The number of benzene rings is 1. The molecule has 1 aromatic heterocycles. The van der Waals surface area contributed by atoms with Crippen molar-refractivity contribution in [2.24, 2.45) is 0 Å². The van der Waals surface area contributed by atoms with Gasteiger partial charge in [-0.2, -0.15) is 0 Å². The molecule has 2 N–H and O–H groups in total. The molecule has 4 nitrogen and oxygen atoms in total. The summed E-state index contributed by atoms with van der Waals surface area (Å²) in [4.78, 5) is 9.04. The lowest BCUT2D eigenvalue weighted by molar-refractivity contribution is 0.628. The molecule has 5 heteroatoms. The van der Waals surface area contributed by atoms with Gasteiger partial charge in [0.25, 0.3) is 0 Å². The van der Waals surface area contributed by atoms with Gasteiger partial charge in [0.05, 0.1) is 0 Å². The van der Waals surface area contributed by atoms with Crippen molar-refractivity contribution in [2.45, 2.75) is 33.6 Å². The van der Waals surface area contributed by atoms with Crippen molar-refractivity contribution in [2.75, 3.05) is 17.2 Å². The highest BCUT2D eigenvalue weighted by Crippen LogP contribution is 2.24. The van der Waals surface area contributed by atoms with Crippen LogP contribution in [0.1, 0.15) is 31.7 Å². The molecule has 0 aliphatic carbocycles. The number of hydrogen-bond donors (Lipinski definition) is 2. The molecule has 0 atom stereocenters. The number of nitrogens with one attached hydrogen (secondary N) is 2. The summed E-state index contributed by atoms with van der Waals surface area (Å²) < 4.78 is 13.0. The van der Waals surface area contributed by atoms with Crippen LogP contribution in [-0.4, -0.2) is 16.5 Å². The Morgan fingerprint density at radius 1 is 1.05 bits per heavy atom. The largest absolute Gasteiger partial charge is 0.370 e. The third-order valence-electron chi connectivity index (χ3n) is 3.16. The van der Waals surface area contributed by atoms with E-state index in [1.807, 2.05) is 13.8 Å². The molecule has 2 aromatic rings. The number of aromatic nitrogens is 2. The van der Waals surface area contributed by atoms with Crippen LogP contribution >= 0.6 is 0 Å². The van der Waals surface area contributed by atoms with Gasteiger partial charge >= 0.3 is 0 Å². The van der Waals surface area contributed by atoms with E-state index < -0.39 is 0 Å². The fraction of sp³-hybridized carbons (Fsp3) is 0.375. The molecule has 0 saturated heterocycles. The number of anilines is 3. The minimum absolute atomic E-state index is 0.250. The first-order valence-electron chi connectivity index (χ1n) is 7.28. The lowest BCUT2D eigenvalue weighted by Gasteiger charge is -2.14. The van der Waals surface area contributed by atoms with E-state index in [4.69, 9.17) is 0 Å². The standard InChI is InChI=1S/C16H21FN4/c1-4-10-18-15-11(3)16(21-14(5-2)20-15)19-13-8-6-12(17)7-9-13/h6-9H,4-5,10H2,1-3H3,(H2,18,19,20,21). The van der Waals surface area contributed by atoms with Crippen LogP contribution in [0.4, 0.5) is 21.7 Å². The molecular formula is C16H21FN4. The fourth-order valence-electron chi connectivity index (χ4n) is 1.93. The Morgan fingerprint density at radius 3 is 2.33 bits per heavy atom. The molecule has 0 radical (unpaired) electrons. The number of nitrogens with zero attached hydrogens (tertiary/aromatic N) is 2. The number of rotatable bonds is 6. The second kappa shape index (κ2) is 7.02. The van der Waals surface area contributed by atoms with Crippen LogP contribution in [0.3, 0.4) is 0 Å². The first-order chi connectivity index (χ1) is 10.1. The summed E-state index contributed by atoms with van der Waals surface area (Å²) in [5.74, 6) is 2.14. The summed E-state index contributed by atoms with van der Waals surface area (Å²) in [6, 6.07) is 6.24. The van der Waals surface area contributed by atoms with Crippen LogP contribution in [0.15, 0.2) is 24.3 Å². The van der Waals surface area contributed by atoms with Crippen LogP contribution in [0.5, 0.6) is 0 Å². The van der Waals surface area contributed by atoms with E-state index in [0.29, 0.717) is 0 Å². The summed E-state index contributed by atoms with van der Waals surface area (Å²) in [7, 11) is 0. The van der Waals surface area contributed by atoms with Crippen molar-refractivity contribution < 1.29 is 4.39 Å². The summed E-state index contributed by atoms with van der Waals surface area (Å²) in [5, 5.41) is 6.55. The predicted octanol–water partition coefficient (Wildman–Crippen LogP) is 4.05. The zero-order valence-electron chi connectivity index (χ0n) is 12.7. The predicted molar refractivity (Wildman–Crippen MR) is 84.6 cm³/mol. The Bertz CT molecular complexity index is 596. The Kier molecular flexibility index (Phi) is 5.09. The Balaban J connectivity index is 2.30. The van der Waals surface area contributed by atoms with Crippen molar-refractivity contribution in [3.05, 3.63) is 41.5 Å². The van der Waals surface area contributed by atoms with Crippen molar-refractivity contribution in [1.29, 1.82) is 0 Å². The van der Waals surface area contributed by atoms with Crippen LogP contribution in [-0.2, 0) is 6.42 Å². The van der Waals surface area contributed by atoms with Gasteiger partial charge in [-0.15, -0.1) is 0 Å². The molecule has 0 unspecified atom stereocenters. The monoisotopic (exact) mass is 288 g/mol. The normalized spacial score (nSPS) is 10.5. The quantitative estimate of drug-likeness (QED) is 0.842. The minimum atomic E-state index is -0.250. The van der Waals surface area contributed by atoms with Crippen LogP contribution in [0.25, 0.3) is 0 Å². The van der Waals surface area contributed by atoms with E-state index in [0.717, 1.165) is 48.1 Å². The van der Waals surface area contributed by atoms with Crippen LogP contribution < -0.4 is 10.6 Å². The van der Waals surface area contributed by atoms with Gasteiger partial charge in [0.15, 0.2) is 0 Å². The van der Waals surface area contributed by atoms with Crippen LogP contribution in [0.2, 0.25) is 0 Å². The average molecular weight is 288 g/mol. The minimum Gasteiger partial charge on any atom is -0.370 e.